The van der Waals surface area contributed by atoms with Gasteiger partial charge in [-0.1, -0.05) is 23.8 Å². The number of nitrogens with zero attached hydrogens (tertiary/aromatic N) is 1. The molecule has 0 unspecified atom stereocenters. The fourth-order valence-electron chi connectivity index (χ4n) is 3.25. The van der Waals surface area contributed by atoms with E-state index in [0.717, 1.165) is 30.6 Å². The van der Waals surface area contributed by atoms with Gasteiger partial charge in [-0.05, 0) is 56.0 Å². The van der Waals surface area contributed by atoms with Crippen LogP contribution in [-0.4, -0.2) is 26.1 Å². The van der Waals surface area contributed by atoms with Gasteiger partial charge in [0.05, 0.1) is 19.3 Å². The fraction of sp³-hybridized carbons (Fsp3) is 0.350. The molecule has 1 aliphatic heterocycles. The van der Waals surface area contributed by atoms with Gasteiger partial charge < -0.3 is 15.0 Å². The molecule has 0 bridgehead atoms. The number of hydrogen-bond donors (Lipinski definition) is 1. The first kappa shape index (κ1) is 16.4. The van der Waals surface area contributed by atoms with Gasteiger partial charge in [0.2, 0.25) is 5.91 Å². The van der Waals surface area contributed by atoms with Gasteiger partial charge in [-0.3, -0.25) is 4.79 Å². The summed E-state index contributed by atoms with van der Waals surface area (Å²) >= 11 is 0. The van der Waals surface area contributed by atoms with Crippen LogP contribution in [0.25, 0.3) is 0 Å². The van der Waals surface area contributed by atoms with Crippen molar-refractivity contribution in [1.82, 2.24) is 0 Å². The van der Waals surface area contributed by atoms with Crippen molar-refractivity contribution in [3.8, 4) is 5.75 Å². The Morgan fingerprint density at radius 3 is 2.71 bits per heavy atom. The maximum atomic E-state index is 12.5. The Bertz CT molecular complexity index is 755. The Kier molecular flexibility index (Phi) is 4.74. The number of aryl methyl sites for hydroxylation is 3. The van der Waals surface area contributed by atoms with Crippen molar-refractivity contribution < 1.29 is 9.53 Å². The van der Waals surface area contributed by atoms with Gasteiger partial charge in [-0.25, -0.2) is 0 Å². The number of nitrogens with one attached hydrogen (secondary N) is 1. The van der Waals surface area contributed by atoms with Crippen LogP contribution in [0.5, 0.6) is 5.75 Å². The standard InChI is InChI=1S/C20H24N2O2/c1-14-6-8-18-16(11-14)5-4-10-22(18)13-20(23)21-17-12-15(2)7-9-19(17)24-3/h6-9,11-12H,4-5,10,13H2,1-3H3,(H,21,23). The van der Waals surface area contributed by atoms with Gasteiger partial charge in [0.25, 0.3) is 0 Å². The average molecular weight is 324 g/mol. The maximum Gasteiger partial charge on any atom is 0.243 e. The molecule has 0 saturated heterocycles. The van der Waals surface area contributed by atoms with Crippen LogP contribution in [0.4, 0.5) is 11.4 Å². The number of amides is 1. The van der Waals surface area contributed by atoms with Crippen LogP contribution in [-0.2, 0) is 11.2 Å². The molecule has 0 spiro atoms. The number of methoxy groups -OCH3 is 1. The molecule has 1 heterocycles. The van der Waals surface area contributed by atoms with Gasteiger partial charge in [0.1, 0.15) is 5.75 Å². The topological polar surface area (TPSA) is 41.6 Å². The molecule has 0 radical (unpaired) electrons. The molecule has 4 heteroatoms. The van der Waals surface area contributed by atoms with Crippen molar-refractivity contribution in [2.24, 2.45) is 0 Å². The monoisotopic (exact) mass is 324 g/mol. The van der Waals surface area contributed by atoms with E-state index >= 15 is 0 Å². The molecule has 126 valence electrons. The molecule has 0 aliphatic carbocycles. The van der Waals surface area contributed by atoms with E-state index in [9.17, 15) is 4.79 Å². The summed E-state index contributed by atoms with van der Waals surface area (Å²) in [5.41, 5.74) is 5.60. The zero-order valence-electron chi connectivity index (χ0n) is 14.6. The summed E-state index contributed by atoms with van der Waals surface area (Å²) in [4.78, 5) is 14.7. The molecule has 0 aromatic heterocycles. The van der Waals surface area contributed by atoms with Gasteiger partial charge in [0, 0.05) is 12.2 Å². The van der Waals surface area contributed by atoms with E-state index in [4.69, 9.17) is 4.74 Å². The molecule has 2 aromatic carbocycles. The third kappa shape index (κ3) is 3.53. The van der Waals surface area contributed by atoms with E-state index in [-0.39, 0.29) is 5.91 Å². The quantitative estimate of drug-likeness (QED) is 0.932. The molecule has 1 aliphatic rings. The van der Waals surface area contributed by atoms with Gasteiger partial charge in [0.15, 0.2) is 0 Å². The molecular weight excluding hydrogens is 300 g/mol. The first-order valence-electron chi connectivity index (χ1n) is 8.36. The predicted molar refractivity (Wildman–Crippen MR) is 98.1 cm³/mol. The van der Waals surface area contributed by atoms with E-state index in [2.05, 4.69) is 35.3 Å². The summed E-state index contributed by atoms with van der Waals surface area (Å²) in [5, 5.41) is 2.99. The minimum absolute atomic E-state index is 0.0210. The second-order valence-corrected chi connectivity index (χ2v) is 6.41. The molecule has 3 rings (SSSR count). The average Bonchev–Trinajstić information content (AvgIpc) is 2.55. The molecule has 24 heavy (non-hydrogen) atoms. The molecule has 4 nitrogen and oxygen atoms in total. The van der Waals surface area contributed by atoms with Crippen molar-refractivity contribution >= 4 is 17.3 Å². The lowest BCUT2D eigenvalue weighted by atomic mass is 9.99. The highest BCUT2D eigenvalue weighted by atomic mass is 16.5. The second kappa shape index (κ2) is 6.95. The van der Waals surface area contributed by atoms with Gasteiger partial charge >= 0.3 is 0 Å². The second-order valence-electron chi connectivity index (χ2n) is 6.41. The van der Waals surface area contributed by atoms with Crippen molar-refractivity contribution in [3.05, 3.63) is 53.1 Å². The molecule has 1 N–H and O–H groups in total. The normalized spacial score (nSPS) is 13.4. The third-order valence-electron chi connectivity index (χ3n) is 4.41. The third-order valence-corrected chi connectivity index (χ3v) is 4.41. The highest BCUT2D eigenvalue weighted by molar-refractivity contribution is 5.95. The van der Waals surface area contributed by atoms with Crippen LogP contribution in [0.15, 0.2) is 36.4 Å². The lowest BCUT2D eigenvalue weighted by molar-refractivity contribution is -0.115. The number of anilines is 2. The largest absolute Gasteiger partial charge is 0.495 e. The van der Waals surface area contributed by atoms with E-state index in [0.29, 0.717) is 12.3 Å². The molecule has 0 fully saturated rings. The number of ether oxygens (including phenoxy) is 1. The summed E-state index contributed by atoms with van der Waals surface area (Å²) < 4.78 is 5.33. The van der Waals surface area contributed by atoms with E-state index < -0.39 is 0 Å². The van der Waals surface area contributed by atoms with Crippen LogP contribution < -0.4 is 15.0 Å². The zero-order valence-corrected chi connectivity index (χ0v) is 14.6. The Labute approximate surface area is 143 Å². The Morgan fingerprint density at radius 2 is 1.92 bits per heavy atom. The fourth-order valence-corrected chi connectivity index (χ4v) is 3.25. The van der Waals surface area contributed by atoms with Crippen molar-refractivity contribution in [3.63, 3.8) is 0 Å². The summed E-state index contributed by atoms with van der Waals surface area (Å²) in [6.07, 6.45) is 2.17. The van der Waals surface area contributed by atoms with Crippen molar-refractivity contribution in [2.75, 3.05) is 30.4 Å². The smallest absolute Gasteiger partial charge is 0.243 e. The highest BCUT2D eigenvalue weighted by Gasteiger charge is 2.19. The minimum Gasteiger partial charge on any atom is -0.495 e. The summed E-state index contributed by atoms with van der Waals surface area (Å²) in [7, 11) is 1.61. The maximum absolute atomic E-state index is 12.5. The zero-order chi connectivity index (χ0) is 17.1. The number of rotatable bonds is 4. The Morgan fingerprint density at radius 1 is 1.17 bits per heavy atom. The lowest BCUT2D eigenvalue weighted by Crippen LogP contribution is -2.36. The first-order valence-corrected chi connectivity index (χ1v) is 8.36. The van der Waals surface area contributed by atoms with Crippen LogP contribution in [0, 0.1) is 13.8 Å². The van der Waals surface area contributed by atoms with Gasteiger partial charge in [-0.2, -0.15) is 0 Å². The highest BCUT2D eigenvalue weighted by Crippen LogP contribution is 2.28. The number of fused-ring (bicyclic) bond motifs is 1. The number of carbonyl (C=O) groups is 1. The SMILES string of the molecule is COc1ccc(C)cc1NC(=O)CN1CCCc2cc(C)ccc21. The lowest BCUT2D eigenvalue weighted by Gasteiger charge is -2.31. The van der Waals surface area contributed by atoms with E-state index in [1.54, 1.807) is 7.11 Å². The van der Waals surface area contributed by atoms with Crippen molar-refractivity contribution in [1.29, 1.82) is 0 Å². The predicted octanol–water partition coefficient (Wildman–Crippen LogP) is 3.70. The molecular formula is C20H24N2O2. The number of carbonyl (C=O) groups excluding carboxylic acids is 1. The number of hydrogen-bond acceptors (Lipinski definition) is 3. The molecule has 1 amide bonds. The van der Waals surface area contributed by atoms with E-state index in [1.807, 2.05) is 25.1 Å². The van der Waals surface area contributed by atoms with Crippen LogP contribution in [0.1, 0.15) is 23.1 Å². The molecule has 0 saturated carbocycles. The van der Waals surface area contributed by atoms with E-state index in [1.165, 1.54) is 16.8 Å². The van der Waals surface area contributed by atoms with Crippen LogP contribution >= 0.6 is 0 Å². The first-order chi connectivity index (χ1) is 11.6. The number of benzene rings is 2. The van der Waals surface area contributed by atoms with Crippen LogP contribution in [0.3, 0.4) is 0 Å². The van der Waals surface area contributed by atoms with Gasteiger partial charge in [-0.15, -0.1) is 0 Å². The minimum atomic E-state index is -0.0210. The Hall–Kier alpha value is -2.49. The summed E-state index contributed by atoms with van der Waals surface area (Å²) in [5.74, 6) is 0.663. The van der Waals surface area contributed by atoms with Crippen LogP contribution in [0.2, 0.25) is 0 Å². The molecule has 2 aromatic rings. The molecule has 0 atom stereocenters. The van der Waals surface area contributed by atoms with Crippen molar-refractivity contribution in [2.45, 2.75) is 26.7 Å². The summed E-state index contributed by atoms with van der Waals surface area (Å²) in [6, 6.07) is 12.2. The summed E-state index contributed by atoms with van der Waals surface area (Å²) in [6.45, 7) is 5.37. The Balaban J connectivity index is 1.74.